The number of para-hydroxylation sites is 1. The van der Waals surface area contributed by atoms with Crippen LogP contribution in [0.3, 0.4) is 0 Å². The highest BCUT2D eigenvalue weighted by Crippen LogP contribution is 2.33. The summed E-state index contributed by atoms with van der Waals surface area (Å²) in [6.07, 6.45) is 2.61. The highest BCUT2D eigenvalue weighted by atomic mass is 16.5. The maximum absolute atomic E-state index is 12.8. The standard InChI is InChI=1S/C20H27N3O3/c1-26-18-5-3-2-4-15(18)13-21-8-10-22(11-9-21)20(25)16-12-19(24)23(14-16)17-6-7-17/h2-5,16-17H,6-14H2,1H3/t16-/m1/s1. The van der Waals surface area contributed by atoms with Gasteiger partial charge in [-0.15, -0.1) is 0 Å². The molecule has 6 nitrogen and oxygen atoms in total. The Bertz CT molecular complexity index is 681. The number of amides is 2. The summed E-state index contributed by atoms with van der Waals surface area (Å²) in [7, 11) is 1.70. The molecule has 140 valence electrons. The first-order valence-electron chi connectivity index (χ1n) is 9.58. The molecule has 1 atom stereocenters. The number of nitrogens with zero attached hydrogens (tertiary/aromatic N) is 3. The van der Waals surface area contributed by atoms with E-state index in [1.165, 1.54) is 5.56 Å². The van der Waals surface area contributed by atoms with Crippen molar-refractivity contribution in [1.29, 1.82) is 0 Å². The van der Waals surface area contributed by atoms with Crippen molar-refractivity contribution in [3.63, 3.8) is 0 Å². The van der Waals surface area contributed by atoms with Crippen molar-refractivity contribution < 1.29 is 14.3 Å². The Balaban J connectivity index is 1.29. The molecule has 2 amide bonds. The lowest BCUT2D eigenvalue weighted by atomic mass is 10.1. The van der Waals surface area contributed by atoms with E-state index in [2.05, 4.69) is 11.0 Å². The second-order valence-corrected chi connectivity index (χ2v) is 7.59. The molecule has 1 aromatic carbocycles. The predicted octanol–water partition coefficient (Wildman–Crippen LogP) is 1.35. The van der Waals surface area contributed by atoms with Crippen molar-refractivity contribution in [2.24, 2.45) is 5.92 Å². The number of methoxy groups -OCH3 is 1. The number of ether oxygens (including phenoxy) is 1. The Morgan fingerprint density at radius 1 is 1.15 bits per heavy atom. The largest absolute Gasteiger partial charge is 0.496 e. The SMILES string of the molecule is COc1ccccc1CN1CCN(C(=O)[C@@H]2CC(=O)N(C3CC3)C2)CC1. The third kappa shape index (κ3) is 3.56. The maximum atomic E-state index is 12.8. The van der Waals surface area contributed by atoms with Crippen LogP contribution in [0.25, 0.3) is 0 Å². The molecule has 2 saturated heterocycles. The summed E-state index contributed by atoms with van der Waals surface area (Å²) in [4.78, 5) is 31.2. The van der Waals surface area contributed by atoms with Gasteiger partial charge in [-0.25, -0.2) is 0 Å². The molecule has 2 aliphatic heterocycles. The molecule has 0 unspecified atom stereocenters. The van der Waals surface area contributed by atoms with Crippen molar-refractivity contribution in [3.8, 4) is 5.75 Å². The van der Waals surface area contributed by atoms with Gasteiger partial charge in [0.25, 0.3) is 0 Å². The monoisotopic (exact) mass is 357 g/mol. The van der Waals surface area contributed by atoms with E-state index in [0.29, 0.717) is 19.0 Å². The molecule has 1 saturated carbocycles. The quantitative estimate of drug-likeness (QED) is 0.798. The van der Waals surface area contributed by atoms with Crippen LogP contribution in [-0.2, 0) is 16.1 Å². The van der Waals surface area contributed by atoms with Gasteiger partial charge in [-0.05, 0) is 18.9 Å². The lowest BCUT2D eigenvalue weighted by Crippen LogP contribution is -2.50. The molecule has 3 aliphatic rings. The molecule has 4 rings (SSSR count). The van der Waals surface area contributed by atoms with E-state index in [1.807, 2.05) is 28.0 Å². The molecule has 2 heterocycles. The van der Waals surface area contributed by atoms with E-state index >= 15 is 0 Å². The van der Waals surface area contributed by atoms with Gasteiger partial charge in [0.05, 0.1) is 13.0 Å². The average Bonchev–Trinajstić information content (AvgIpc) is 3.44. The smallest absolute Gasteiger partial charge is 0.228 e. The summed E-state index contributed by atoms with van der Waals surface area (Å²) in [6, 6.07) is 8.50. The number of hydrogen-bond acceptors (Lipinski definition) is 4. The van der Waals surface area contributed by atoms with Crippen LogP contribution < -0.4 is 4.74 Å². The number of hydrogen-bond donors (Lipinski definition) is 0. The Kier molecular flexibility index (Phi) is 4.85. The van der Waals surface area contributed by atoms with Gasteiger partial charge in [-0.3, -0.25) is 14.5 Å². The molecule has 3 fully saturated rings. The van der Waals surface area contributed by atoms with Crippen LogP contribution in [0.4, 0.5) is 0 Å². The maximum Gasteiger partial charge on any atom is 0.228 e. The third-order valence-corrected chi connectivity index (χ3v) is 5.77. The summed E-state index contributed by atoms with van der Waals surface area (Å²) in [6.45, 7) is 4.66. The Hall–Kier alpha value is -2.08. The highest BCUT2D eigenvalue weighted by Gasteiger charge is 2.43. The number of carbonyl (C=O) groups is 2. The van der Waals surface area contributed by atoms with Crippen LogP contribution >= 0.6 is 0 Å². The number of likely N-dealkylation sites (tertiary alicyclic amines) is 1. The van der Waals surface area contributed by atoms with E-state index in [0.717, 1.165) is 51.3 Å². The fraction of sp³-hybridized carbons (Fsp3) is 0.600. The van der Waals surface area contributed by atoms with Crippen LogP contribution in [0.5, 0.6) is 5.75 Å². The summed E-state index contributed by atoms with van der Waals surface area (Å²) < 4.78 is 5.43. The van der Waals surface area contributed by atoms with Gasteiger partial charge < -0.3 is 14.5 Å². The Morgan fingerprint density at radius 3 is 2.58 bits per heavy atom. The number of piperazine rings is 1. The summed E-state index contributed by atoms with van der Waals surface area (Å²) >= 11 is 0. The van der Waals surface area contributed by atoms with Gasteiger partial charge in [0, 0.05) is 57.3 Å². The molecule has 0 radical (unpaired) electrons. The van der Waals surface area contributed by atoms with Crippen molar-refractivity contribution in [3.05, 3.63) is 29.8 Å². The zero-order valence-electron chi connectivity index (χ0n) is 15.4. The summed E-state index contributed by atoms with van der Waals surface area (Å²) in [5.74, 6) is 1.11. The Labute approximate surface area is 154 Å². The third-order valence-electron chi connectivity index (χ3n) is 5.77. The first kappa shape index (κ1) is 17.3. The van der Waals surface area contributed by atoms with E-state index in [1.54, 1.807) is 7.11 Å². The molecular weight excluding hydrogens is 330 g/mol. The first-order valence-corrected chi connectivity index (χ1v) is 9.58. The lowest BCUT2D eigenvalue weighted by molar-refractivity contribution is -0.137. The van der Waals surface area contributed by atoms with Gasteiger partial charge in [-0.2, -0.15) is 0 Å². The van der Waals surface area contributed by atoms with Crippen LogP contribution in [0, 0.1) is 5.92 Å². The molecule has 0 spiro atoms. The minimum absolute atomic E-state index is 0.135. The molecule has 6 heteroatoms. The van der Waals surface area contributed by atoms with Gasteiger partial charge in [-0.1, -0.05) is 18.2 Å². The fourth-order valence-electron chi connectivity index (χ4n) is 4.10. The van der Waals surface area contributed by atoms with Gasteiger partial charge in [0.15, 0.2) is 0 Å². The number of benzene rings is 1. The van der Waals surface area contributed by atoms with Crippen molar-refractivity contribution in [2.75, 3.05) is 39.8 Å². The normalized spacial score (nSPS) is 24.2. The molecule has 0 bridgehead atoms. The second kappa shape index (κ2) is 7.27. The number of carbonyl (C=O) groups excluding carboxylic acids is 2. The van der Waals surface area contributed by atoms with Crippen molar-refractivity contribution in [1.82, 2.24) is 14.7 Å². The lowest BCUT2D eigenvalue weighted by Gasteiger charge is -2.36. The molecular formula is C20H27N3O3. The van der Waals surface area contributed by atoms with E-state index in [-0.39, 0.29) is 17.7 Å². The minimum atomic E-state index is -0.135. The van der Waals surface area contributed by atoms with Gasteiger partial charge in [0.1, 0.15) is 5.75 Å². The summed E-state index contributed by atoms with van der Waals surface area (Å²) in [5.41, 5.74) is 1.18. The van der Waals surface area contributed by atoms with E-state index in [9.17, 15) is 9.59 Å². The summed E-state index contributed by atoms with van der Waals surface area (Å²) in [5, 5.41) is 0. The molecule has 1 aliphatic carbocycles. The predicted molar refractivity (Wildman–Crippen MR) is 97.7 cm³/mol. The van der Waals surface area contributed by atoms with Crippen LogP contribution in [0.15, 0.2) is 24.3 Å². The molecule has 1 aromatic rings. The minimum Gasteiger partial charge on any atom is -0.496 e. The van der Waals surface area contributed by atoms with Crippen LogP contribution in [0.1, 0.15) is 24.8 Å². The van der Waals surface area contributed by atoms with Crippen molar-refractivity contribution >= 4 is 11.8 Å². The van der Waals surface area contributed by atoms with Crippen LogP contribution in [0.2, 0.25) is 0 Å². The van der Waals surface area contributed by atoms with Crippen molar-refractivity contribution in [2.45, 2.75) is 31.8 Å². The number of rotatable bonds is 5. The average molecular weight is 357 g/mol. The van der Waals surface area contributed by atoms with E-state index in [4.69, 9.17) is 4.74 Å². The Morgan fingerprint density at radius 2 is 1.88 bits per heavy atom. The fourth-order valence-corrected chi connectivity index (χ4v) is 4.10. The molecule has 0 aromatic heterocycles. The van der Waals surface area contributed by atoms with Gasteiger partial charge >= 0.3 is 0 Å². The van der Waals surface area contributed by atoms with Gasteiger partial charge in [0.2, 0.25) is 11.8 Å². The second-order valence-electron chi connectivity index (χ2n) is 7.59. The highest BCUT2D eigenvalue weighted by molar-refractivity contribution is 5.89. The zero-order chi connectivity index (χ0) is 18.1. The molecule has 0 N–H and O–H groups in total. The topological polar surface area (TPSA) is 53.1 Å². The first-order chi connectivity index (χ1) is 12.7. The zero-order valence-corrected chi connectivity index (χ0v) is 15.4. The molecule has 26 heavy (non-hydrogen) atoms. The van der Waals surface area contributed by atoms with E-state index < -0.39 is 0 Å². The van der Waals surface area contributed by atoms with Crippen LogP contribution in [-0.4, -0.2) is 72.4 Å².